The summed E-state index contributed by atoms with van der Waals surface area (Å²) in [6.45, 7) is 7.27. The number of amides is 2. The molecule has 2 N–H and O–H groups in total. The first kappa shape index (κ1) is 24.1. The van der Waals surface area contributed by atoms with Crippen molar-refractivity contribution in [3.05, 3.63) is 47.0 Å². The molecule has 2 aliphatic heterocycles. The molecule has 4 rings (SSSR count). The van der Waals surface area contributed by atoms with E-state index in [1.165, 1.54) is 0 Å². The summed E-state index contributed by atoms with van der Waals surface area (Å²) in [5.74, 6) is 0.908. The van der Waals surface area contributed by atoms with Gasteiger partial charge in [-0.25, -0.2) is 0 Å². The number of ether oxygens (including phenoxy) is 2. The second-order valence-electron chi connectivity index (χ2n) is 8.37. The van der Waals surface area contributed by atoms with E-state index in [-0.39, 0.29) is 22.8 Å². The maximum absolute atomic E-state index is 12.7. The maximum Gasteiger partial charge on any atom is 0.257 e. The molecule has 0 spiro atoms. The number of piperazine rings is 1. The maximum atomic E-state index is 12.7. The largest absolute Gasteiger partial charge is 0.486 e. The number of carbonyl (C=O) groups excluding carboxylic acids is 2. The molecule has 180 valence electrons. The van der Waals surface area contributed by atoms with E-state index in [2.05, 4.69) is 15.5 Å². The Labute approximate surface area is 209 Å². The molecule has 2 aromatic carbocycles. The number of carbonyl (C=O) groups is 2. The van der Waals surface area contributed by atoms with Crippen LogP contribution in [-0.4, -0.2) is 61.2 Å². The molecule has 0 radical (unpaired) electrons. The van der Waals surface area contributed by atoms with E-state index in [4.69, 9.17) is 33.3 Å². The summed E-state index contributed by atoms with van der Waals surface area (Å²) < 4.78 is 11.0. The van der Waals surface area contributed by atoms with Gasteiger partial charge in [-0.15, -0.1) is 0 Å². The first-order valence-corrected chi connectivity index (χ1v) is 12.0. The Hall–Kier alpha value is -3.04. The standard InChI is InChI=1S/C24H27ClN4O4S/c1-15(2)23(31)29-10-8-28(9-11-29)21-17(25)4-3-5-18(21)26-24(34)27-22(30)16-6-7-19-20(14-16)33-13-12-32-19/h3-7,14-15H,8-13H2,1-2H3,(H2,26,27,30,34). The monoisotopic (exact) mass is 502 g/mol. The number of fused-ring (bicyclic) bond motifs is 1. The van der Waals surface area contributed by atoms with Crippen LogP contribution in [-0.2, 0) is 4.79 Å². The molecule has 0 aromatic heterocycles. The summed E-state index contributed by atoms with van der Waals surface area (Å²) in [6, 6.07) is 10.5. The summed E-state index contributed by atoms with van der Waals surface area (Å²) in [5.41, 5.74) is 1.88. The number of rotatable bonds is 4. The Bertz CT molecular complexity index is 1100. The molecular formula is C24H27ClN4O4S. The topological polar surface area (TPSA) is 83.1 Å². The van der Waals surface area contributed by atoms with Crippen LogP contribution in [0.15, 0.2) is 36.4 Å². The van der Waals surface area contributed by atoms with E-state index in [1.54, 1.807) is 18.2 Å². The molecular weight excluding hydrogens is 476 g/mol. The zero-order chi connectivity index (χ0) is 24.2. The lowest BCUT2D eigenvalue weighted by Gasteiger charge is -2.38. The highest BCUT2D eigenvalue weighted by Crippen LogP contribution is 2.35. The number of anilines is 2. The summed E-state index contributed by atoms with van der Waals surface area (Å²) in [4.78, 5) is 29.1. The predicted octanol–water partition coefficient (Wildman–Crippen LogP) is 3.54. The molecule has 10 heteroatoms. The van der Waals surface area contributed by atoms with Crippen molar-refractivity contribution in [1.82, 2.24) is 10.2 Å². The van der Waals surface area contributed by atoms with Gasteiger partial charge >= 0.3 is 0 Å². The molecule has 2 amide bonds. The van der Waals surface area contributed by atoms with Gasteiger partial charge < -0.3 is 24.6 Å². The van der Waals surface area contributed by atoms with Gasteiger partial charge in [-0.05, 0) is 42.5 Å². The van der Waals surface area contributed by atoms with Crippen molar-refractivity contribution in [2.75, 3.05) is 49.6 Å². The normalized spacial score (nSPS) is 15.2. The smallest absolute Gasteiger partial charge is 0.257 e. The summed E-state index contributed by atoms with van der Waals surface area (Å²) >= 11 is 12.0. The van der Waals surface area contributed by atoms with Crippen LogP contribution in [0.1, 0.15) is 24.2 Å². The van der Waals surface area contributed by atoms with Crippen LogP contribution in [0.25, 0.3) is 0 Å². The average Bonchev–Trinajstić information content (AvgIpc) is 2.83. The predicted molar refractivity (Wildman–Crippen MR) is 136 cm³/mol. The second-order valence-corrected chi connectivity index (χ2v) is 9.19. The van der Waals surface area contributed by atoms with E-state index < -0.39 is 0 Å². The van der Waals surface area contributed by atoms with Gasteiger partial charge in [0.05, 0.1) is 16.4 Å². The van der Waals surface area contributed by atoms with Gasteiger partial charge in [-0.2, -0.15) is 0 Å². The Morgan fingerprint density at radius 1 is 1.03 bits per heavy atom. The highest BCUT2D eigenvalue weighted by Gasteiger charge is 2.25. The molecule has 8 nitrogen and oxygen atoms in total. The van der Waals surface area contributed by atoms with Crippen LogP contribution in [0, 0.1) is 5.92 Å². The molecule has 0 atom stereocenters. The number of para-hydroxylation sites is 1. The summed E-state index contributed by atoms with van der Waals surface area (Å²) in [6.07, 6.45) is 0. The van der Waals surface area contributed by atoms with E-state index in [1.807, 2.05) is 36.9 Å². The third-order valence-electron chi connectivity index (χ3n) is 5.67. The number of hydrogen-bond donors (Lipinski definition) is 2. The highest BCUT2D eigenvalue weighted by molar-refractivity contribution is 7.80. The molecule has 0 unspecified atom stereocenters. The van der Waals surface area contributed by atoms with Gasteiger partial charge in [0.1, 0.15) is 13.2 Å². The lowest BCUT2D eigenvalue weighted by molar-refractivity contribution is -0.134. The van der Waals surface area contributed by atoms with Crippen LogP contribution >= 0.6 is 23.8 Å². The van der Waals surface area contributed by atoms with Crippen LogP contribution < -0.4 is 25.0 Å². The van der Waals surface area contributed by atoms with Crippen molar-refractivity contribution in [1.29, 1.82) is 0 Å². The average molecular weight is 503 g/mol. The van der Waals surface area contributed by atoms with Crippen molar-refractivity contribution >= 4 is 52.1 Å². The van der Waals surface area contributed by atoms with E-state index >= 15 is 0 Å². The van der Waals surface area contributed by atoms with Gasteiger partial charge in [0, 0.05) is 37.7 Å². The van der Waals surface area contributed by atoms with E-state index in [9.17, 15) is 9.59 Å². The number of benzene rings is 2. The molecule has 2 aliphatic rings. The molecule has 34 heavy (non-hydrogen) atoms. The van der Waals surface area contributed by atoms with Gasteiger partial charge in [0.2, 0.25) is 5.91 Å². The SMILES string of the molecule is CC(C)C(=O)N1CCN(c2c(Cl)cccc2NC(=S)NC(=O)c2ccc3c(c2)OCCO3)CC1. The number of thiocarbonyl (C=S) groups is 1. The molecule has 0 saturated carbocycles. The van der Waals surface area contributed by atoms with Crippen molar-refractivity contribution in [3.63, 3.8) is 0 Å². The van der Waals surface area contributed by atoms with Crippen LogP contribution in [0.5, 0.6) is 11.5 Å². The number of nitrogens with zero attached hydrogens (tertiary/aromatic N) is 2. The Balaban J connectivity index is 1.42. The Kier molecular flexibility index (Phi) is 7.43. The Morgan fingerprint density at radius 2 is 1.74 bits per heavy atom. The minimum Gasteiger partial charge on any atom is -0.486 e. The lowest BCUT2D eigenvalue weighted by Crippen LogP contribution is -2.50. The van der Waals surface area contributed by atoms with Gasteiger partial charge in [0.15, 0.2) is 16.6 Å². The molecule has 1 saturated heterocycles. The lowest BCUT2D eigenvalue weighted by atomic mass is 10.1. The quantitative estimate of drug-likeness (QED) is 0.619. The van der Waals surface area contributed by atoms with Crippen molar-refractivity contribution < 1.29 is 19.1 Å². The summed E-state index contributed by atoms with van der Waals surface area (Å²) in [5, 5.41) is 6.52. The number of halogens is 1. The minimum atomic E-state index is -0.362. The zero-order valence-corrected chi connectivity index (χ0v) is 20.7. The van der Waals surface area contributed by atoms with Crippen molar-refractivity contribution in [2.24, 2.45) is 5.92 Å². The fourth-order valence-electron chi connectivity index (χ4n) is 3.97. The number of nitrogens with one attached hydrogen (secondary N) is 2. The van der Waals surface area contributed by atoms with Gasteiger partial charge in [0.25, 0.3) is 5.91 Å². The first-order chi connectivity index (χ1) is 16.3. The number of hydrogen-bond acceptors (Lipinski definition) is 6. The molecule has 2 heterocycles. The molecule has 2 aromatic rings. The molecule has 1 fully saturated rings. The van der Waals surface area contributed by atoms with Crippen LogP contribution in [0.3, 0.4) is 0 Å². The van der Waals surface area contributed by atoms with Crippen molar-refractivity contribution in [3.8, 4) is 11.5 Å². The van der Waals surface area contributed by atoms with Gasteiger partial charge in [-0.3, -0.25) is 14.9 Å². The second kappa shape index (κ2) is 10.5. The van der Waals surface area contributed by atoms with E-state index in [0.717, 1.165) is 5.69 Å². The zero-order valence-electron chi connectivity index (χ0n) is 19.1. The van der Waals surface area contributed by atoms with Crippen LogP contribution in [0.4, 0.5) is 11.4 Å². The minimum absolute atomic E-state index is 0.0284. The highest BCUT2D eigenvalue weighted by atomic mass is 35.5. The first-order valence-electron chi connectivity index (χ1n) is 11.2. The molecule has 0 bridgehead atoms. The fraction of sp³-hybridized carbons (Fsp3) is 0.375. The van der Waals surface area contributed by atoms with E-state index in [0.29, 0.717) is 67.2 Å². The van der Waals surface area contributed by atoms with Crippen LogP contribution in [0.2, 0.25) is 5.02 Å². The summed E-state index contributed by atoms with van der Waals surface area (Å²) in [7, 11) is 0. The molecule has 0 aliphatic carbocycles. The third-order valence-corrected chi connectivity index (χ3v) is 6.18. The third kappa shape index (κ3) is 5.37. The van der Waals surface area contributed by atoms with Crippen molar-refractivity contribution in [2.45, 2.75) is 13.8 Å². The fourth-order valence-corrected chi connectivity index (χ4v) is 4.46. The Morgan fingerprint density at radius 3 is 2.44 bits per heavy atom. The van der Waals surface area contributed by atoms with Gasteiger partial charge in [-0.1, -0.05) is 31.5 Å².